The number of nitrogens with zero attached hydrogens (tertiary/aromatic N) is 1. The standard InChI is InChI=1S/C21H25ClN2O3/c1-15(25)24(13-20(26)23-21(2,3)4)18-9-11-19(12-10-18)27-14-16-5-7-17(22)8-6-16/h5-12H,13-14H2,1-4H3,(H,23,26). The van der Waals surface area contributed by atoms with Crippen LogP contribution in [0.25, 0.3) is 0 Å². The van der Waals surface area contributed by atoms with E-state index in [4.69, 9.17) is 16.3 Å². The fraction of sp³-hybridized carbons (Fsp3) is 0.333. The lowest BCUT2D eigenvalue weighted by molar-refractivity contribution is -0.124. The number of benzene rings is 2. The third-order valence-electron chi connectivity index (χ3n) is 3.66. The molecule has 1 N–H and O–H groups in total. The van der Waals surface area contributed by atoms with E-state index in [2.05, 4.69) is 5.32 Å². The van der Waals surface area contributed by atoms with Gasteiger partial charge in [-0.15, -0.1) is 0 Å². The molecule has 0 radical (unpaired) electrons. The van der Waals surface area contributed by atoms with Crippen LogP contribution in [-0.2, 0) is 16.2 Å². The number of carbonyl (C=O) groups excluding carboxylic acids is 2. The van der Waals surface area contributed by atoms with Crippen LogP contribution >= 0.6 is 11.6 Å². The minimum absolute atomic E-state index is 0.0302. The lowest BCUT2D eigenvalue weighted by Gasteiger charge is -2.25. The van der Waals surface area contributed by atoms with Crippen molar-refractivity contribution in [3.8, 4) is 5.75 Å². The molecule has 0 saturated carbocycles. The number of amides is 2. The summed E-state index contributed by atoms with van der Waals surface area (Å²) < 4.78 is 5.75. The minimum atomic E-state index is -0.348. The van der Waals surface area contributed by atoms with Crippen LogP contribution in [0.3, 0.4) is 0 Å². The zero-order chi connectivity index (χ0) is 20.0. The first kappa shape index (κ1) is 20.8. The molecule has 0 aromatic heterocycles. The fourth-order valence-corrected chi connectivity index (χ4v) is 2.58. The summed E-state index contributed by atoms with van der Waals surface area (Å²) in [4.78, 5) is 25.6. The Bertz CT molecular complexity index is 781. The van der Waals surface area contributed by atoms with E-state index in [0.29, 0.717) is 23.1 Å². The average Bonchev–Trinajstić information content (AvgIpc) is 2.58. The van der Waals surface area contributed by atoms with E-state index in [0.717, 1.165) is 5.56 Å². The number of ether oxygens (including phenoxy) is 1. The summed E-state index contributed by atoms with van der Waals surface area (Å²) in [5.41, 5.74) is 1.30. The first-order valence-electron chi connectivity index (χ1n) is 8.70. The van der Waals surface area contributed by atoms with Gasteiger partial charge in [-0.1, -0.05) is 23.7 Å². The lowest BCUT2D eigenvalue weighted by Crippen LogP contribution is -2.47. The van der Waals surface area contributed by atoms with Crippen molar-refractivity contribution < 1.29 is 14.3 Å². The SMILES string of the molecule is CC(=O)N(CC(=O)NC(C)(C)C)c1ccc(OCc2ccc(Cl)cc2)cc1. The van der Waals surface area contributed by atoms with Crippen LogP contribution in [0.1, 0.15) is 33.3 Å². The van der Waals surface area contributed by atoms with Crippen LogP contribution in [0.4, 0.5) is 5.69 Å². The minimum Gasteiger partial charge on any atom is -0.489 e. The van der Waals surface area contributed by atoms with E-state index in [1.807, 2.05) is 45.0 Å². The van der Waals surface area contributed by atoms with Gasteiger partial charge in [0.05, 0.1) is 0 Å². The highest BCUT2D eigenvalue weighted by atomic mass is 35.5. The third-order valence-corrected chi connectivity index (χ3v) is 3.92. The molecule has 27 heavy (non-hydrogen) atoms. The van der Waals surface area contributed by atoms with Crippen LogP contribution in [-0.4, -0.2) is 23.9 Å². The summed E-state index contributed by atoms with van der Waals surface area (Å²) in [5, 5.41) is 3.54. The van der Waals surface area contributed by atoms with Gasteiger partial charge in [-0.2, -0.15) is 0 Å². The molecule has 2 aromatic rings. The molecule has 2 amide bonds. The van der Waals surface area contributed by atoms with Crippen molar-refractivity contribution in [2.75, 3.05) is 11.4 Å². The number of hydrogen-bond acceptors (Lipinski definition) is 3. The Labute approximate surface area is 165 Å². The van der Waals surface area contributed by atoms with Crippen molar-refractivity contribution in [2.45, 2.75) is 39.8 Å². The molecule has 0 spiro atoms. The molecule has 0 bridgehead atoms. The number of carbonyl (C=O) groups is 2. The normalized spacial score (nSPS) is 11.0. The van der Waals surface area contributed by atoms with Crippen molar-refractivity contribution in [1.82, 2.24) is 5.32 Å². The molecule has 0 aliphatic rings. The van der Waals surface area contributed by atoms with Gasteiger partial charge in [-0.05, 0) is 62.7 Å². The van der Waals surface area contributed by atoms with Gasteiger partial charge in [0, 0.05) is 23.2 Å². The van der Waals surface area contributed by atoms with E-state index in [1.165, 1.54) is 11.8 Å². The zero-order valence-corrected chi connectivity index (χ0v) is 16.8. The average molecular weight is 389 g/mol. The maximum Gasteiger partial charge on any atom is 0.240 e. The Balaban J connectivity index is 2.00. The van der Waals surface area contributed by atoms with E-state index in [-0.39, 0.29) is 23.9 Å². The van der Waals surface area contributed by atoms with Gasteiger partial charge in [0.25, 0.3) is 0 Å². The van der Waals surface area contributed by atoms with Crippen molar-refractivity contribution >= 4 is 29.1 Å². The third kappa shape index (κ3) is 6.94. The van der Waals surface area contributed by atoms with Gasteiger partial charge in [0.15, 0.2) is 0 Å². The van der Waals surface area contributed by atoms with Crippen LogP contribution < -0.4 is 15.0 Å². The fourth-order valence-electron chi connectivity index (χ4n) is 2.46. The lowest BCUT2D eigenvalue weighted by atomic mass is 10.1. The molecule has 0 heterocycles. The smallest absolute Gasteiger partial charge is 0.240 e. The predicted molar refractivity (Wildman–Crippen MR) is 108 cm³/mol. The Kier molecular flexibility index (Phi) is 6.86. The highest BCUT2D eigenvalue weighted by Crippen LogP contribution is 2.21. The predicted octanol–water partition coefficient (Wildman–Crippen LogP) is 4.19. The van der Waals surface area contributed by atoms with Gasteiger partial charge < -0.3 is 15.0 Å². The second-order valence-electron chi connectivity index (χ2n) is 7.31. The summed E-state index contributed by atoms with van der Waals surface area (Å²) in [6, 6.07) is 14.5. The number of hydrogen-bond donors (Lipinski definition) is 1. The van der Waals surface area contributed by atoms with Crippen molar-refractivity contribution in [3.05, 3.63) is 59.1 Å². The Morgan fingerprint density at radius 1 is 1.04 bits per heavy atom. The van der Waals surface area contributed by atoms with E-state index in [1.54, 1.807) is 24.3 Å². The largest absolute Gasteiger partial charge is 0.489 e. The molecule has 0 aliphatic heterocycles. The van der Waals surface area contributed by atoms with Gasteiger partial charge in [-0.3, -0.25) is 9.59 Å². The second kappa shape index (κ2) is 8.91. The number of rotatable bonds is 6. The van der Waals surface area contributed by atoms with Crippen LogP contribution in [0, 0.1) is 0 Å². The van der Waals surface area contributed by atoms with Gasteiger partial charge >= 0.3 is 0 Å². The van der Waals surface area contributed by atoms with E-state index in [9.17, 15) is 9.59 Å². The summed E-state index contributed by atoms with van der Waals surface area (Å²) >= 11 is 5.87. The van der Waals surface area contributed by atoms with E-state index >= 15 is 0 Å². The monoisotopic (exact) mass is 388 g/mol. The van der Waals surface area contributed by atoms with Crippen LogP contribution in [0.5, 0.6) is 5.75 Å². The first-order valence-corrected chi connectivity index (χ1v) is 9.08. The van der Waals surface area contributed by atoms with Crippen LogP contribution in [0.2, 0.25) is 5.02 Å². The molecule has 0 saturated heterocycles. The summed E-state index contributed by atoms with van der Waals surface area (Å²) in [6.45, 7) is 7.52. The van der Waals surface area contributed by atoms with E-state index < -0.39 is 0 Å². The summed E-state index contributed by atoms with van der Waals surface area (Å²) in [5.74, 6) is 0.269. The Hall–Kier alpha value is -2.53. The van der Waals surface area contributed by atoms with Crippen molar-refractivity contribution in [1.29, 1.82) is 0 Å². The number of halogens is 1. The molecular weight excluding hydrogens is 364 g/mol. The zero-order valence-electron chi connectivity index (χ0n) is 16.1. The molecule has 0 aliphatic carbocycles. The molecule has 0 atom stereocenters. The molecule has 2 rings (SSSR count). The maximum atomic E-state index is 12.2. The molecular formula is C21H25ClN2O3. The molecule has 144 valence electrons. The molecule has 0 fully saturated rings. The summed E-state index contributed by atoms with van der Waals surface area (Å²) in [7, 11) is 0. The van der Waals surface area contributed by atoms with Crippen molar-refractivity contribution in [2.24, 2.45) is 0 Å². The molecule has 6 heteroatoms. The molecule has 0 unspecified atom stereocenters. The Morgan fingerprint density at radius 3 is 2.15 bits per heavy atom. The molecule has 5 nitrogen and oxygen atoms in total. The van der Waals surface area contributed by atoms with Gasteiger partial charge in [-0.25, -0.2) is 0 Å². The van der Waals surface area contributed by atoms with Crippen LogP contribution in [0.15, 0.2) is 48.5 Å². The van der Waals surface area contributed by atoms with Gasteiger partial charge in [0.1, 0.15) is 18.9 Å². The van der Waals surface area contributed by atoms with Crippen molar-refractivity contribution in [3.63, 3.8) is 0 Å². The topological polar surface area (TPSA) is 58.6 Å². The van der Waals surface area contributed by atoms with Gasteiger partial charge in [0.2, 0.25) is 11.8 Å². The maximum absolute atomic E-state index is 12.2. The highest BCUT2D eigenvalue weighted by molar-refractivity contribution is 6.30. The summed E-state index contributed by atoms with van der Waals surface area (Å²) in [6.07, 6.45) is 0. The Morgan fingerprint density at radius 2 is 1.63 bits per heavy atom. The first-order chi connectivity index (χ1) is 12.6. The number of anilines is 1. The highest BCUT2D eigenvalue weighted by Gasteiger charge is 2.19. The number of nitrogens with one attached hydrogen (secondary N) is 1. The second-order valence-corrected chi connectivity index (χ2v) is 7.75. The molecule has 2 aromatic carbocycles. The quantitative estimate of drug-likeness (QED) is 0.807.